The van der Waals surface area contributed by atoms with E-state index in [1.165, 1.54) is 12.0 Å². The Morgan fingerprint density at radius 2 is 2.06 bits per heavy atom. The van der Waals surface area contributed by atoms with Crippen LogP contribution in [0.25, 0.3) is 0 Å². The van der Waals surface area contributed by atoms with Crippen molar-refractivity contribution in [2.75, 3.05) is 19.7 Å². The number of ether oxygens (including phenoxy) is 1. The highest BCUT2D eigenvalue weighted by Crippen LogP contribution is 2.25. The number of halogens is 1. The van der Waals surface area contributed by atoms with Crippen LogP contribution in [0.5, 0.6) is 5.75 Å². The maximum Gasteiger partial charge on any atom is 0.138 e. The summed E-state index contributed by atoms with van der Waals surface area (Å²) in [4.78, 5) is 0. The molecule has 1 aromatic rings. The molecule has 0 aliphatic carbocycles. The van der Waals surface area contributed by atoms with Crippen LogP contribution in [0, 0.1) is 6.92 Å². The molecule has 1 aromatic carbocycles. The minimum absolute atomic E-state index is 0.694. The minimum atomic E-state index is 0.694. The maximum absolute atomic E-state index is 6.04. The first-order chi connectivity index (χ1) is 8.24. The molecule has 0 radical (unpaired) electrons. The molecule has 0 aromatic heterocycles. The molecule has 0 unspecified atom stereocenters. The standard InChI is InChI=1S/C14H22ClNO/c1-3-8-16-9-4-5-10-17-14-11-12(2)6-7-13(14)15/h6-7,11,16H,3-5,8-10H2,1-2H3. The highest BCUT2D eigenvalue weighted by atomic mass is 35.5. The van der Waals surface area contributed by atoms with Crippen molar-refractivity contribution < 1.29 is 4.74 Å². The van der Waals surface area contributed by atoms with Crippen LogP contribution >= 0.6 is 11.6 Å². The van der Waals surface area contributed by atoms with Crippen molar-refractivity contribution in [3.63, 3.8) is 0 Å². The molecule has 0 saturated carbocycles. The number of aryl methyl sites for hydroxylation is 1. The zero-order valence-electron chi connectivity index (χ0n) is 10.8. The van der Waals surface area contributed by atoms with Crippen LogP contribution < -0.4 is 10.1 Å². The number of benzene rings is 1. The first-order valence-electron chi connectivity index (χ1n) is 6.33. The third-order valence-corrected chi connectivity index (χ3v) is 2.83. The van der Waals surface area contributed by atoms with Gasteiger partial charge in [-0.2, -0.15) is 0 Å². The lowest BCUT2D eigenvalue weighted by molar-refractivity contribution is 0.306. The smallest absolute Gasteiger partial charge is 0.138 e. The summed E-state index contributed by atoms with van der Waals surface area (Å²) in [5.74, 6) is 0.799. The molecule has 0 aliphatic rings. The molecule has 17 heavy (non-hydrogen) atoms. The van der Waals surface area contributed by atoms with Gasteiger partial charge in [-0.3, -0.25) is 0 Å². The van der Waals surface area contributed by atoms with Gasteiger partial charge in [0.2, 0.25) is 0 Å². The average molecular weight is 256 g/mol. The van der Waals surface area contributed by atoms with Crippen molar-refractivity contribution in [1.82, 2.24) is 5.32 Å². The molecular weight excluding hydrogens is 234 g/mol. The van der Waals surface area contributed by atoms with E-state index in [0.717, 1.165) is 38.3 Å². The van der Waals surface area contributed by atoms with Crippen molar-refractivity contribution in [3.8, 4) is 5.75 Å². The van der Waals surface area contributed by atoms with E-state index in [4.69, 9.17) is 16.3 Å². The van der Waals surface area contributed by atoms with Gasteiger partial charge in [-0.1, -0.05) is 24.6 Å². The average Bonchev–Trinajstić information content (AvgIpc) is 2.32. The normalized spacial score (nSPS) is 10.5. The molecule has 3 heteroatoms. The lowest BCUT2D eigenvalue weighted by Gasteiger charge is -2.09. The van der Waals surface area contributed by atoms with Crippen molar-refractivity contribution in [2.45, 2.75) is 33.1 Å². The minimum Gasteiger partial charge on any atom is -0.492 e. The molecule has 0 bridgehead atoms. The van der Waals surface area contributed by atoms with Gasteiger partial charge in [0, 0.05) is 0 Å². The van der Waals surface area contributed by atoms with Crippen molar-refractivity contribution in [3.05, 3.63) is 28.8 Å². The van der Waals surface area contributed by atoms with E-state index in [1.54, 1.807) is 0 Å². The summed E-state index contributed by atoms with van der Waals surface area (Å²) in [5, 5.41) is 4.07. The first-order valence-corrected chi connectivity index (χ1v) is 6.71. The summed E-state index contributed by atoms with van der Waals surface area (Å²) in [6.07, 6.45) is 3.39. The van der Waals surface area contributed by atoms with Crippen LogP contribution in [0.15, 0.2) is 18.2 Å². The summed E-state index contributed by atoms with van der Waals surface area (Å²) in [7, 11) is 0. The van der Waals surface area contributed by atoms with Gasteiger partial charge in [0.15, 0.2) is 0 Å². The van der Waals surface area contributed by atoms with Gasteiger partial charge in [-0.25, -0.2) is 0 Å². The Labute approximate surface area is 109 Å². The lowest BCUT2D eigenvalue weighted by Crippen LogP contribution is -2.16. The predicted octanol–water partition coefficient (Wildman–Crippen LogP) is 3.81. The van der Waals surface area contributed by atoms with Crippen LogP contribution in [0.1, 0.15) is 31.7 Å². The van der Waals surface area contributed by atoms with Crippen LogP contribution in [0.3, 0.4) is 0 Å². The highest BCUT2D eigenvalue weighted by Gasteiger charge is 2.00. The fourth-order valence-corrected chi connectivity index (χ4v) is 1.73. The molecule has 0 amide bonds. The molecule has 2 nitrogen and oxygen atoms in total. The molecule has 0 atom stereocenters. The second-order valence-electron chi connectivity index (χ2n) is 4.24. The Hall–Kier alpha value is -0.730. The fourth-order valence-electron chi connectivity index (χ4n) is 1.56. The van der Waals surface area contributed by atoms with Gasteiger partial charge in [-0.15, -0.1) is 0 Å². The largest absolute Gasteiger partial charge is 0.492 e. The summed E-state index contributed by atoms with van der Waals surface area (Å²) in [6, 6.07) is 5.86. The maximum atomic E-state index is 6.04. The van der Waals surface area contributed by atoms with Crippen molar-refractivity contribution >= 4 is 11.6 Å². The summed E-state index contributed by atoms with van der Waals surface area (Å²) < 4.78 is 5.66. The van der Waals surface area contributed by atoms with E-state index < -0.39 is 0 Å². The van der Waals surface area contributed by atoms with Gasteiger partial charge < -0.3 is 10.1 Å². The van der Waals surface area contributed by atoms with Gasteiger partial charge in [0.25, 0.3) is 0 Å². The topological polar surface area (TPSA) is 21.3 Å². The first kappa shape index (κ1) is 14.3. The van der Waals surface area contributed by atoms with Crippen LogP contribution in [-0.4, -0.2) is 19.7 Å². The van der Waals surface area contributed by atoms with E-state index in [-0.39, 0.29) is 0 Å². The Morgan fingerprint density at radius 1 is 1.24 bits per heavy atom. The lowest BCUT2D eigenvalue weighted by atomic mass is 10.2. The number of unbranched alkanes of at least 4 members (excludes halogenated alkanes) is 1. The number of hydrogen-bond acceptors (Lipinski definition) is 2. The van der Waals surface area contributed by atoms with E-state index in [9.17, 15) is 0 Å². The van der Waals surface area contributed by atoms with Gasteiger partial charge in [-0.05, 0) is 57.0 Å². The van der Waals surface area contributed by atoms with E-state index >= 15 is 0 Å². The Balaban J connectivity index is 2.15. The van der Waals surface area contributed by atoms with Crippen molar-refractivity contribution in [2.24, 2.45) is 0 Å². The fraction of sp³-hybridized carbons (Fsp3) is 0.571. The predicted molar refractivity (Wildman–Crippen MR) is 74.1 cm³/mol. The SMILES string of the molecule is CCCNCCCCOc1cc(C)ccc1Cl. The van der Waals surface area contributed by atoms with E-state index in [1.807, 2.05) is 25.1 Å². The summed E-state index contributed by atoms with van der Waals surface area (Å²) >= 11 is 6.04. The molecular formula is C14H22ClNO. The number of nitrogens with one attached hydrogen (secondary N) is 1. The second-order valence-corrected chi connectivity index (χ2v) is 4.65. The zero-order valence-corrected chi connectivity index (χ0v) is 11.5. The summed E-state index contributed by atoms with van der Waals surface area (Å²) in [6.45, 7) is 7.12. The van der Waals surface area contributed by atoms with Crippen LogP contribution in [0.4, 0.5) is 0 Å². The van der Waals surface area contributed by atoms with E-state index in [2.05, 4.69) is 12.2 Å². The van der Waals surface area contributed by atoms with E-state index in [0.29, 0.717) is 5.02 Å². The third-order valence-electron chi connectivity index (χ3n) is 2.52. The molecule has 1 rings (SSSR count). The Bertz CT molecular complexity index is 328. The molecule has 1 N–H and O–H groups in total. The monoisotopic (exact) mass is 255 g/mol. The number of hydrogen-bond donors (Lipinski definition) is 1. The number of rotatable bonds is 8. The Kier molecular flexibility index (Phi) is 7.06. The highest BCUT2D eigenvalue weighted by molar-refractivity contribution is 6.32. The van der Waals surface area contributed by atoms with Gasteiger partial charge >= 0.3 is 0 Å². The van der Waals surface area contributed by atoms with Gasteiger partial charge in [0.1, 0.15) is 5.75 Å². The summed E-state index contributed by atoms with van der Waals surface area (Å²) in [5.41, 5.74) is 1.18. The van der Waals surface area contributed by atoms with Crippen LogP contribution in [0.2, 0.25) is 5.02 Å². The van der Waals surface area contributed by atoms with Crippen LogP contribution in [-0.2, 0) is 0 Å². The van der Waals surface area contributed by atoms with Gasteiger partial charge in [0.05, 0.1) is 11.6 Å². The molecule has 0 heterocycles. The Morgan fingerprint density at radius 3 is 2.82 bits per heavy atom. The molecule has 0 saturated heterocycles. The second kappa shape index (κ2) is 8.37. The molecule has 0 spiro atoms. The molecule has 0 aliphatic heterocycles. The third kappa shape index (κ3) is 5.94. The quantitative estimate of drug-likeness (QED) is 0.714. The molecule has 0 fully saturated rings. The molecule has 96 valence electrons. The zero-order chi connectivity index (χ0) is 12.5. The van der Waals surface area contributed by atoms with Crippen molar-refractivity contribution in [1.29, 1.82) is 0 Å².